The second-order valence-electron chi connectivity index (χ2n) is 6.00. The van der Waals surface area contributed by atoms with E-state index in [4.69, 9.17) is 5.73 Å². The molecule has 4 nitrogen and oxygen atoms in total. The molecule has 1 heterocycles. The first-order valence-electron chi connectivity index (χ1n) is 7.83. The van der Waals surface area contributed by atoms with Crippen LogP contribution >= 0.6 is 0 Å². The Labute approximate surface area is 118 Å². The van der Waals surface area contributed by atoms with Gasteiger partial charge < -0.3 is 16.0 Å². The van der Waals surface area contributed by atoms with E-state index in [2.05, 4.69) is 17.1 Å². The fraction of sp³-hybridized carbons (Fsp3) is 0.933. The van der Waals surface area contributed by atoms with E-state index in [0.717, 1.165) is 38.3 Å². The van der Waals surface area contributed by atoms with Crippen molar-refractivity contribution in [1.82, 2.24) is 10.2 Å². The van der Waals surface area contributed by atoms with Crippen molar-refractivity contribution < 1.29 is 4.79 Å². The highest BCUT2D eigenvalue weighted by Gasteiger charge is 2.15. The number of nitrogens with one attached hydrogen (secondary N) is 1. The highest BCUT2D eigenvalue weighted by Crippen LogP contribution is 2.15. The van der Waals surface area contributed by atoms with E-state index in [-0.39, 0.29) is 11.8 Å². The Bertz CT molecular complexity index is 250. The summed E-state index contributed by atoms with van der Waals surface area (Å²) in [5.74, 6) is 1.17. The molecule has 1 rings (SSSR count). The first-order valence-corrected chi connectivity index (χ1v) is 7.83. The number of carbonyl (C=O) groups excluding carboxylic acids is 1. The number of nitrogens with two attached hydrogens (primary N) is 1. The molecule has 0 spiro atoms. The number of carbonyl (C=O) groups is 1. The summed E-state index contributed by atoms with van der Waals surface area (Å²) in [5.41, 5.74) is 5.45. The minimum Gasteiger partial charge on any atom is -0.356 e. The molecular weight excluding hydrogens is 238 g/mol. The van der Waals surface area contributed by atoms with Gasteiger partial charge in [-0.1, -0.05) is 13.8 Å². The molecule has 1 aliphatic rings. The Morgan fingerprint density at radius 2 is 2.05 bits per heavy atom. The first kappa shape index (κ1) is 16.4. The number of likely N-dealkylation sites (tertiary alicyclic amines) is 1. The molecule has 0 aliphatic carbocycles. The lowest BCUT2D eigenvalue weighted by Gasteiger charge is -2.30. The van der Waals surface area contributed by atoms with Gasteiger partial charge in [-0.25, -0.2) is 0 Å². The van der Waals surface area contributed by atoms with Gasteiger partial charge >= 0.3 is 0 Å². The first-order chi connectivity index (χ1) is 9.13. The van der Waals surface area contributed by atoms with Gasteiger partial charge in [-0.2, -0.15) is 0 Å². The molecule has 19 heavy (non-hydrogen) atoms. The normalized spacial score (nSPS) is 19.3. The van der Waals surface area contributed by atoms with Crippen LogP contribution in [-0.4, -0.2) is 43.5 Å². The Balaban J connectivity index is 2.02. The summed E-state index contributed by atoms with van der Waals surface area (Å²) >= 11 is 0. The number of nitrogens with zero attached hydrogens (tertiary/aromatic N) is 1. The third-order valence-electron chi connectivity index (χ3n) is 4.12. The van der Waals surface area contributed by atoms with Crippen molar-refractivity contribution in [2.45, 2.75) is 46.0 Å². The van der Waals surface area contributed by atoms with Crippen molar-refractivity contribution in [2.75, 3.05) is 32.7 Å². The molecule has 1 saturated heterocycles. The van der Waals surface area contributed by atoms with Crippen LogP contribution in [0.5, 0.6) is 0 Å². The zero-order chi connectivity index (χ0) is 14.1. The lowest BCUT2D eigenvalue weighted by molar-refractivity contribution is -0.124. The SMILES string of the molecule is CC1CCN(CCCNC(=O)C(C)CCCN)CC1. The van der Waals surface area contributed by atoms with Gasteiger partial charge in [0.15, 0.2) is 0 Å². The van der Waals surface area contributed by atoms with Crippen LogP contribution in [-0.2, 0) is 4.79 Å². The summed E-state index contributed by atoms with van der Waals surface area (Å²) in [7, 11) is 0. The quantitative estimate of drug-likeness (QED) is 0.658. The van der Waals surface area contributed by atoms with E-state index in [1.165, 1.54) is 25.9 Å². The van der Waals surface area contributed by atoms with Crippen LogP contribution in [0.15, 0.2) is 0 Å². The highest BCUT2D eigenvalue weighted by molar-refractivity contribution is 5.78. The number of amides is 1. The van der Waals surface area contributed by atoms with Gasteiger partial charge in [0, 0.05) is 12.5 Å². The molecule has 1 unspecified atom stereocenters. The second-order valence-corrected chi connectivity index (χ2v) is 6.00. The zero-order valence-electron chi connectivity index (χ0n) is 12.7. The fourth-order valence-electron chi connectivity index (χ4n) is 2.53. The third kappa shape index (κ3) is 6.92. The second kappa shape index (κ2) is 9.32. The molecule has 3 N–H and O–H groups in total. The minimum absolute atomic E-state index is 0.0967. The summed E-state index contributed by atoms with van der Waals surface area (Å²) < 4.78 is 0. The summed E-state index contributed by atoms with van der Waals surface area (Å²) in [6.45, 7) is 9.36. The molecule has 0 radical (unpaired) electrons. The van der Waals surface area contributed by atoms with Crippen LogP contribution in [0, 0.1) is 11.8 Å². The molecule has 1 aliphatic heterocycles. The molecule has 4 heteroatoms. The molecule has 0 aromatic rings. The van der Waals surface area contributed by atoms with Crippen LogP contribution in [0.25, 0.3) is 0 Å². The van der Waals surface area contributed by atoms with Crippen LogP contribution < -0.4 is 11.1 Å². The molecule has 1 atom stereocenters. The molecule has 0 aromatic carbocycles. The molecular formula is C15H31N3O. The van der Waals surface area contributed by atoms with Crippen molar-refractivity contribution in [1.29, 1.82) is 0 Å². The van der Waals surface area contributed by atoms with Crippen LogP contribution in [0.3, 0.4) is 0 Å². The predicted molar refractivity (Wildman–Crippen MR) is 79.9 cm³/mol. The molecule has 0 saturated carbocycles. The topological polar surface area (TPSA) is 58.4 Å². The summed E-state index contributed by atoms with van der Waals surface area (Å²) in [6.07, 6.45) is 5.53. The van der Waals surface area contributed by atoms with E-state index in [1.807, 2.05) is 6.92 Å². The smallest absolute Gasteiger partial charge is 0.222 e. The summed E-state index contributed by atoms with van der Waals surface area (Å²) in [6, 6.07) is 0. The van der Waals surface area contributed by atoms with Crippen molar-refractivity contribution in [3.05, 3.63) is 0 Å². The molecule has 0 aromatic heterocycles. The lowest BCUT2D eigenvalue weighted by Crippen LogP contribution is -2.36. The summed E-state index contributed by atoms with van der Waals surface area (Å²) in [5, 5.41) is 3.03. The van der Waals surface area contributed by atoms with Crippen molar-refractivity contribution >= 4 is 5.91 Å². The van der Waals surface area contributed by atoms with E-state index >= 15 is 0 Å². The Morgan fingerprint density at radius 3 is 2.68 bits per heavy atom. The van der Waals surface area contributed by atoms with Gasteiger partial charge in [0.05, 0.1) is 0 Å². The number of rotatable bonds is 8. The van der Waals surface area contributed by atoms with E-state index in [0.29, 0.717) is 6.54 Å². The van der Waals surface area contributed by atoms with Crippen molar-refractivity contribution in [3.8, 4) is 0 Å². The monoisotopic (exact) mass is 269 g/mol. The molecule has 0 bridgehead atoms. The molecule has 1 fully saturated rings. The Hall–Kier alpha value is -0.610. The van der Waals surface area contributed by atoms with Gasteiger partial charge in [-0.3, -0.25) is 4.79 Å². The number of hydrogen-bond donors (Lipinski definition) is 2. The van der Waals surface area contributed by atoms with Crippen LogP contribution in [0.2, 0.25) is 0 Å². The predicted octanol–water partition coefficient (Wildman–Crippen LogP) is 1.60. The average Bonchev–Trinajstić information content (AvgIpc) is 2.42. The Morgan fingerprint density at radius 1 is 1.37 bits per heavy atom. The standard InChI is InChI=1S/C15H31N3O/c1-13-6-11-18(12-7-13)10-4-9-17-15(19)14(2)5-3-8-16/h13-14H,3-12,16H2,1-2H3,(H,17,19). The molecule has 1 amide bonds. The molecule has 112 valence electrons. The minimum atomic E-state index is 0.0967. The maximum atomic E-state index is 11.8. The third-order valence-corrected chi connectivity index (χ3v) is 4.12. The number of hydrogen-bond acceptors (Lipinski definition) is 3. The van der Waals surface area contributed by atoms with Gasteiger partial charge in [-0.05, 0) is 64.2 Å². The van der Waals surface area contributed by atoms with Crippen molar-refractivity contribution in [2.24, 2.45) is 17.6 Å². The maximum Gasteiger partial charge on any atom is 0.222 e. The van der Waals surface area contributed by atoms with Gasteiger partial charge in [0.1, 0.15) is 0 Å². The van der Waals surface area contributed by atoms with Crippen molar-refractivity contribution in [3.63, 3.8) is 0 Å². The van der Waals surface area contributed by atoms with Gasteiger partial charge in [0.2, 0.25) is 5.91 Å². The lowest BCUT2D eigenvalue weighted by atomic mass is 9.99. The average molecular weight is 269 g/mol. The number of piperidine rings is 1. The highest BCUT2D eigenvalue weighted by atomic mass is 16.1. The van der Waals surface area contributed by atoms with E-state index in [1.54, 1.807) is 0 Å². The van der Waals surface area contributed by atoms with Crippen LogP contribution in [0.4, 0.5) is 0 Å². The van der Waals surface area contributed by atoms with Gasteiger partial charge in [0.25, 0.3) is 0 Å². The largest absolute Gasteiger partial charge is 0.356 e. The zero-order valence-corrected chi connectivity index (χ0v) is 12.7. The van der Waals surface area contributed by atoms with E-state index in [9.17, 15) is 4.79 Å². The van der Waals surface area contributed by atoms with Crippen LogP contribution in [0.1, 0.15) is 46.0 Å². The Kier molecular flexibility index (Phi) is 8.07. The van der Waals surface area contributed by atoms with E-state index < -0.39 is 0 Å². The maximum absolute atomic E-state index is 11.8. The van der Waals surface area contributed by atoms with Gasteiger partial charge in [-0.15, -0.1) is 0 Å². The fourth-order valence-corrected chi connectivity index (χ4v) is 2.53. The summed E-state index contributed by atoms with van der Waals surface area (Å²) in [4.78, 5) is 14.3.